The number of hydrogen-bond donors (Lipinski definition) is 2. The molecule has 1 aromatic rings. The minimum atomic E-state index is -1.28. The van der Waals surface area contributed by atoms with E-state index in [-0.39, 0.29) is 18.1 Å². The van der Waals surface area contributed by atoms with Gasteiger partial charge in [0.05, 0.1) is 0 Å². The van der Waals surface area contributed by atoms with Crippen LogP contribution in [0.2, 0.25) is 0 Å². The molecule has 1 aromatic carbocycles. The van der Waals surface area contributed by atoms with Gasteiger partial charge in [-0.2, -0.15) is 0 Å². The molecule has 0 fully saturated rings. The van der Waals surface area contributed by atoms with Gasteiger partial charge in [-0.15, -0.1) is 0 Å². The van der Waals surface area contributed by atoms with E-state index < -0.39 is 11.8 Å². The number of ketones is 1. The van der Waals surface area contributed by atoms with Gasteiger partial charge >= 0.3 is 5.97 Å². The lowest BCUT2D eigenvalue weighted by molar-refractivity contribution is -0.134. The number of aliphatic carboxylic acids is 1. The first-order valence-corrected chi connectivity index (χ1v) is 5.05. The highest BCUT2D eigenvalue weighted by Crippen LogP contribution is 2.20. The third kappa shape index (κ3) is 2.28. The Morgan fingerprint density at radius 1 is 1.47 bits per heavy atom. The molecule has 0 unspecified atom stereocenters. The van der Waals surface area contributed by atoms with E-state index in [1.54, 1.807) is 6.07 Å². The summed E-state index contributed by atoms with van der Waals surface area (Å²) in [5.74, 6) is -1.79. The van der Waals surface area contributed by atoms with Gasteiger partial charge in [0.1, 0.15) is 0 Å². The molecule has 0 atom stereocenters. The van der Waals surface area contributed by atoms with Crippen LogP contribution in [0, 0.1) is 6.92 Å². The van der Waals surface area contributed by atoms with Crippen molar-refractivity contribution in [2.45, 2.75) is 6.92 Å². The van der Waals surface area contributed by atoms with E-state index in [2.05, 4.69) is 5.32 Å². The summed E-state index contributed by atoms with van der Waals surface area (Å²) < 4.78 is 5.02. The number of carbonyl (C=O) groups is 2. The minimum absolute atomic E-state index is 0.00750. The number of Topliss-reactive ketones (excluding diaryl/α,β-unsaturated/α-hetero) is 1. The van der Waals surface area contributed by atoms with Crippen LogP contribution in [0.4, 0.5) is 5.69 Å². The predicted octanol–water partition coefficient (Wildman–Crippen LogP) is 1.30. The highest BCUT2D eigenvalue weighted by atomic mass is 16.5. The van der Waals surface area contributed by atoms with Crippen molar-refractivity contribution in [3.8, 4) is 0 Å². The Labute approximate surface area is 97.7 Å². The standard InChI is InChI=1S/C12H11NO4/c1-7-3-2-4-8(5-7)13-11-10(12(15)16)9(14)6-17-11/h2-5,13H,6H2,1H3,(H,15,16). The number of ether oxygens (including phenoxy) is 1. The van der Waals surface area contributed by atoms with Gasteiger partial charge in [-0.3, -0.25) is 4.79 Å². The van der Waals surface area contributed by atoms with Crippen molar-refractivity contribution in [2.75, 3.05) is 11.9 Å². The van der Waals surface area contributed by atoms with Gasteiger partial charge in [0.25, 0.3) is 0 Å². The van der Waals surface area contributed by atoms with Gasteiger partial charge in [-0.05, 0) is 24.6 Å². The molecule has 0 radical (unpaired) electrons. The lowest BCUT2D eigenvalue weighted by atomic mass is 10.2. The van der Waals surface area contributed by atoms with Gasteiger partial charge in [-0.25, -0.2) is 4.79 Å². The molecule has 0 aromatic heterocycles. The van der Waals surface area contributed by atoms with Crippen LogP contribution in [0.3, 0.4) is 0 Å². The van der Waals surface area contributed by atoms with Crippen LogP contribution >= 0.6 is 0 Å². The maximum atomic E-state index is 11.3. The first-order chi connectivity index (χ1) is 8.08. The molecule has 2 N–H and O–H groups in total. The molecule has 0 aliphatic carbocycles. The molecule has 5 heteroatoms. The molecule has 1 aliphatic rings. The molecule has 0 amide bonds. The maximum Gasteiger partial charge on any atom is 0.344 e. The molecule has 1 heterocycles. The Morgan fingerprint density at radius 3 is 2.88 bits per heavy atom. The minimum Gasteiger partial charge on any atom is -0.477 e. The molecule has 88 valence electrons. The fraction of sp³-hybridized carbons (Fsp3) is 0.167. The smallest absolute Gasteiger partial charge is 0.344 e. The van der Waals surface area contributed by atoms with E-state index >= 15 is 0 Å². The van der Waals surface area contributed by atoms with Crippen molar-refractivity contribution in [3.63, 3.8) is 0 Å². The first kappa shape index (κ1) is 11.2. The van der Waals surface area contributed by atoms with Crippen LogP contribution in [0.1, 0.15) is 5.56 Å². The van der Waals surface area contributed by atoms with Crippen LogP contribution in [-0.2, 0) is 14.3 Å². The van der Waals surface area contributed by atoms with Crippen molar-refractivity contribution < 1.29 is 19.4 Å². The maximum absolute atomic E-state index is 11.3. The third-order valence-electron chi connectivity index (χ3n) is 2.34. The molecule has 2 rings (SSSR count). The second-order valence-electron chi connectivity index (χ2n) is 3.72. The van der Waals surface area contributed by atoms with Crippen LogP contribution in [0.5, 0.6) is 0 Å². The quantitative estimate of drug-likeness (QED) is 0.770. The molecular weight excluding hydrogens is 222 g/mol. The van der Waals surface area contributed by atoms with Crippen LogP contribution in [0.15, 0.2) is 35.7 Å². The van der Waals surface area contributed by atoms with E-state index in [1.807, 2.05) is 25.1 Å². The summed E-state index contributed by atoms with van der Waals surface area (Å²) in [6, 6.07) is 7.35. The molecular formula is C12H11NO4. The lowest BCUT2D eigenvalue weighted by Gasteiger charge is -2.08. The molecule has 1 aliphatic heterocycles. The summed E-state index contributed by atoms with van der Waals surface area (Å²) in [7, 11) is 0. The number of nitrogens with one attached hydrogen (secondary N) is 1. The average molecular weight is 233 g/mol. The summed E-state index contributed by atoms with van der Waals surface area (Å²) in [5.41, 5.74) is 1.39. The largest absolute Gasteiger partial charge is 0.477 e. The van der Waals surface area contributed by atoms with Crippen molar-refractivity contribution in [3.05, 3.63) is 41.3 Å². The second kappa shape index (κ2) is 4.29. The van der Waals surface area contributed by atoms with Gasteiger partial charge < -0.3 is 15.2 Å². The van der Waals surface area contributed by atoms with Gasteiger partial charge in [0.2, 0.25) is 11.7 Å². The molecule has 0 spiro atoms. The molecule has 0 saturated heterocycles. The number of aryl methyl sites for hydroxylation is 1. The number of carbonyl (C=O) groups excluding carboxylic acids is 1. The van der Waals surface area contributed by atoms with Crippen molar-refractivity contribution in [1.29, 1.82) is 0 Å². The highest BCUT2D eigenvalue weighted by Gasteiger charge is 2.30. The van der Waals surface area contributed by atoms with Gasteiger partial charge in [-0.1, -0.05) is 12.1 Å². The Morgan fingerprint density at radius 2 is 2.24 bits per heavy atom. The van der Waals surface area contributed by atoms with E-state index in [9.17, 15) is 9.59 Å². The summed E-state index contributed by atoms with van der Waals surface area (Å²) in [6.45, 7) is 1.69. The summed E-state index contributed by atoms with van der Waals surface area (Å²) in [4.78, 5) is 22.2. The number of carboxylic acid groups (broad SMARTS) is 1. The molecule has 5 nitrogen and oxygen atoms in total. The second-order valence-corrected chi connectivity index (χ2v) is 3.72. The van der Waals surface area contributed by atoms with E-state index in [1.165, 1.54) is 0 Å². The monoisotopic (exact) mass is 233 g/mol. The number of rotatable bonds is 3. The van der Waals surface area contributed by atoms with Crippen LogP contribution in [-0.4, -0.2) is 23.5 Å². The lowest BCUT2D eigenvalue weighted by Crippen LogP contribution is -2.12. The SMILES string of the molecule is Cc1cccc(NC2=C(C(=O)O)C(=O)CO2)c1. The fourth-order valence-corrected chi connectivity index (χ4v) is 1.58. The summed E-state index contributed by atoms with van der Waals surface area (Å²) in [6.07, 6.45) is 0. The molecule has 0 saturated carbocycles. The summed E-state index contributed by atoms with van der Waals surface area (Å²) >= 11 is 0. The van der Waals surface area contributed by atoms with E-state index in [0.717, 1.165) is 5.56 Å². The van der Waals surface area contributed by atoms with Gasteiger partial charge in [0, 0.05) is 5.69 Å². The fourth-order valence-electron chi connectivity index (χ4n) is 1.58. The van der Waals surface area contributed by atoms with Crippen LogP contribution in [0.25, 0.3) is 0 Å². The van der Waals surface area contributed by atoms with E-state index in [4.69, 9.17) is 9.84 Å². The Kier molecular flexibility index (Phi) is 2.82. The number of anilines is 1. The number of carboxylic acids is 1. The van der Waals surface area contributed by atoms with Crippen molar-refractivity contribution in [1.82, 2.24) is 0 Å². The Hall–Kier alpha value is -2.30. The highest BCUT2D eigenvalue weighted by molar-refractivity contribution is 6.19. The third-order valence-corrected chi connectivity index (χ3v) is 2.34. The molecule has 0 bridgehead atoms. The molecule has 17 heavy (non-hydrogen) atoms. The van der Waals surface area contributed by atoms with E-state index in [0.29, 0.717) is 5.69 Å². The number of benzene rings is 1. The topological polar surface area (TPSA) is 75.6 Å². The zero-order valence-corrected chi connectivity index (χ0v) is 9.19. The predicted molar refractivity (Wildman–Crippen MR) is 60.4 cm³/mol. The Bertz CT molecular complexity index is 519. The first-order valence-electron chi connectivity index (χ1n) is 5.05. The number of hydrogen-bond acceptors (Lipinski definition) is 4. The average Bonchev–Trinajstić information content (AvgIpc) is 2.59. The van der Waals surface area contributed by atoms with Crippen molar-refractivity contribution in [2.24, 2.45) is 0 Å². The van der Waals surface area contributed by atoms with Crippen LogP contribution < -0.4 is 5.32 Å². The van der Waals surface area contributed by atoms with Gasteiger partial charge in [0.15, 0.2) is 12.2 Å². The summed E-state index contributed by atoms with van der Waals surface area (Å²) in [5, 5.41) is 11.7. The van der Waals surface area contributed by atoms with Crippen molar-refractivity contribution >= 4 is 17.4 Å². The Balaban J connectivity index is 2.29. The zero-order valence-electron chi connectivity index (χ0n) is 9.19. The zero-order chi connectivity index (χ0) is 12.4. The normalized spacial score (nSPS) is 14.8.